The molecule has 0 unspecified atom stereocenters. The zero-order valence-corrected chi connectivity index (χ0v) is 15.0. The Bertz CT molecular complexity index is 749. The molecule has 2 N–H and O–H groups in total. The molecule has 1 heterocycles. The van der Waals surface area contributed by atoms with Crippen LogP contribution in [-0.2, 0) is 4.74 Å². The minimum atomic E-state index is -0.411. The molecule has 1 aromatic heterocycles. The summed E-state index contributed by atoms with van der Waals surface area (Å²) < 4.78 is 10.4. The molecule has 7 heteroatoms. The fourth-order valence-electron chi connectivity index (χ4n) is 2.25. The summed E-state index contributed by atoms with van der Waals surface area (Å²) >= 11 is 0. The maximum Gasteiger partial charge on any atom is 0.274 e. The normalized spacial score (nSPS) is 10.2. The quantitative estimate of drug-likeness (QED) is 0.673. The first-order valence-electron chi connectivity index (χ1n) is 8.42. The van der Waals surface area contributed by atoms with Gasteiger partial charge in [-0.1, -0.05) is 12.1 Å². The van der Waals surface area contributed by atoms with E-state index >= 15 is 0 Å². The number of methoxy groups -OCH3 is 1. The Balaban J connectivity index is 2.05. The van der Waals surface area contributed by atoms with Gasteiger partial charge in [-0.15, -0.1) is 0 Å². The molecule has 2 rings (SSSR count). The van der Waals surface area contributed by atoms with Crippen molar-refractivity contribution >= 4 is 17.5 Å². The van der Waals surface area contributed by atoms with Crippen LogP contribution in [0.15, 0.2) is 42.6 Å². The van der Waals surface area contributed by atoms with Crippen LogP contribution in [0, 0.1) is 0 Å². The molecule has 0 atom stereocenters. The van der Waals surface area contributed by atoms with Crippen molar-refractivity contribution in [1.29, 1.82) is 0 Å². The van der Waals surface area contributed by atoms with Crippen LogP contribution in [0.1, 0.15) is 34.2 Å². The first-order chi connectivity index (χ1) is 12.7. The van der Waals surface area contributed by atoms with E-state index in [1.54, 1.807) is 31.4 Å². The van der Waals surface area contributed by atoms with Crippen LogP contribution in [0.25, 0.3) is 0 Å². The Kier molecular flexibility index (Phi) is 7.57. The Morgan fingerprint density at radius 2 is 1.96 bits per heavy atom. The third-order valence-electron chi connectivity index (χ3n) is 3.50. The van der Waals surface area contributed by atoms with Gasteiger partial charge < -0.3 is 20.1 Å². The fraction of sp³-hybridized carbons (Fsp3) is 0.316. The number of hydrogen-bond acceptors (Lipinski definition) is 5. The molecule has 26 heavy (non-hydrogen) atoms. The second-order valence-electron chi connectivity index (χ2n) is 5.42. The highest BCUT2D eigenvalue weighted by atomic mass is 16.5. The second-order valence-corrected chi connectivity index (χ2v) is 5.42. The van der Waals surface area contributed by atoms with E-state index in [1.807, 2.05) is 13.0 Å². The van der Waals surface area contributed by atoms with Crippen LogP contribution in [0.3, 0.4) is 0 Å². The molecule has 2 aromatic rings. The molecule has 0 bridgehead atoms. The van der Waals surface area contributed by atoms with Crippen molar-refractivity contribution in [2.75, 3.05) is 32.2 Å². The minimum absolute atomic E-state index is 0.154. The first-order valence-corrected chi connectivity index (χ1v) is 8.42. The molecule has 0 spiro atoms. The summed E-state index contributed by atoms with van der Waals surface area (Å²) in [4.78, 5) is 28.7. The molecule has 0 aliphatic heterocycles. The van der Waals surface area contributed by atoms with Gasteiger partial charge in [0.05, 0.1) is 12.3 Å². The fourth-order valence-corrected chi connectivity index (χ4v) is 2.25. The van der Waals surface area contributed by atoms with Gasteiger partial charge in [0.15, 0.2) is 0 Å². The maximum absolute atomic E-state index is 12.5. The van der Waals surface area contributed by atoms with Crippen LogP contribution in [0.2, 0.25) is 0 Å². The van der Waals surface area contributed by atoms with Gasteiger partial charge in [-0.2, -0.15) is 0 Å². The number of amides is 2. The molecule has 0 fully saturated rings. The van der Waals surface area contributed by atoms with E-state index in [0.29, 0.717) is 36.8 Å². The maximum atomic E-state index is 12.5. The summed E-state index contributed by atoms with van der Waals surface area (Å²) in [7, 11) is 1.61. The van der Waals surface area contributed by atoms with Gasteiger partial charge in [-0.05, 0) is 37.6 Å². The van der Waals surface area contributed by atoms with Crippen molar-refractivity contribution in [1.82, 2.24) is 10.3 Å². The van der Waals surface area contributed by atoms with Crippen molar-refractivity contribution in [3.8, 4) is 5.75 Å². The van der Waals surface area contributed by atoms with Crippen LogP contribution in [-0.4, -0.2) is 43.7 Å². The Morgan fingerprint density at radius 1 is 1.15 bits per heavy atom. The molecule has 0 aliphatic carbocycles. The molecule has 7 nitrogen and oxygen atoms in total. The van der Waals surface area contributed by atoms with E-state index in [0.717, 1.165) is 6.42 Å². The summed E-state index contributed by atoms with van der Waals surface area (Å²) in [5.41, 5.74) is 1.08. The molecular weight excluding hydrogens is 334 g/mol. The molecule has 138 valence electrons. The lowest BCUT2D eigenvalue weighted by molar-refractivity contribution is 0.0948. The van der Waals surface area contributed by atoms with Gasteiger partial charge in [-0.25, -0.2) is 0 Å². The van der Waals surface area contributed by atoms with E-state index < -0.39 is 5.91 Å². The van der Waals surface area contributed by atoms with Gasteiger partial charge in [0.2, 0.25) is 0 Å². The number of nitrogens with one attached hydrogen (secondary N) is 2. The van der Waals surface area contributed by atoms with Gasteiger partial charge >= 0.3 is 0 Å². The smallest absolute Gasteiger partial charge is 0.274 e. The highest BCUT2D eigenvalue weighted by Crippen LogP contribution is 2.24. The predicted octanol–water partition coefficient (Wildman–Crippen LogP) is 2.50. The predicted molar refractivity (Wildman–Crippen MR) is 98.6 cm³/mol. The Labute approximate surface area is 152 Å². The summed E-state index contributed by atoms with van der Waals surface area (Å²) in [5, 5.41) is 5.54. The molecule has 2 amide bonds. The lowest BCUT2D eigenvalue weighted by atomic mass is 10.2. The largest absolute Gasteiger partial charge is 0.492 e. The molecule has 0 saturated carbocycles. The van der Waals surface area contributed by atoms with Gasteiger partial charge in [0.25, 0.3) is 11.8 Å². The van der Waals surface area contributed by atoms with E-state index in [9.17, 15) is 9.59 Å². The number of benzene rings is 1. The van der Waals surface area contributed by atoms with Crippen molar-refractivity contribution in [2.24, 2.45) is 0 Å². The zero-order valence-electron chi connectivity index (χ0n) is 15.0. The first kappa shape index (κ1) is 19.4. The number of carbonyl (C=O) groups is 2. The monoisotopic (exact) mass is 357 g/mol. The second kappa shape index (κ2) is 10.1. The summed E-state index contributed by atoms with van der Waals surface area (Å²) in [5.74, 6) is -0.0890. The van der Waals surface area contributed by atoms with Crippen molar-refractivity contribution < 1.29 is 19.1 Å². The van der Waals surface area contributed by atoms with E-state index in [-0.39, 0.29) is 11.6 Å². The third kappa shape index (κ3) is 5.56. The molecule has 0 radical (unpaired) electrons. The standard InChI is InChI=1S/C19H23N3O4/c1-3-26-17-8-5-4-7-15(17)22-19(24)16-13-14(9-11-20-16)18(23)21-10-6-12-25-2/h4-5,7-9,11,13H,3,6,10,12H2,1-2H3,(H,21,23)(H,22,24). The third-order valence-corrected chi connectivity index (χ3v) is 3.50. The van der Waals surface area contributed by atoms with E-state index in [2.05, 4.69) is 15.6 Å². The lowest BCUT2D eigenvalue weighted by Crippen LogP contribution is -2.26. The van der Waals surface area contributed by atoms with Crippen LogP contribution in [0.5, 0.6) is 5.75 Å². The van der Waals surface area contributed by atoms with Gasteiger partial charge in [-0.3, -0.25) is 14.6 Å². The topological polar surface area (TPSA) is 89.5 Å². The van der Waals surface area contributed by atoms with E-state index in [4.69, 9.17) is 9.47 Å². The minimum Gasteiger partial charge on any atom is -0.492 e. The molecule has 0 aliphatic rings. The van der Waals surface area contributed by atoms with Crippen molar-refractivity contribution in [3.05, 3.63) is 53.9 Å². The molecule has 1 aromatic carbocycles. The Hall–Kier alpha value is -2.93. The number of pyridine rings is 1. The van der Waals surface area contributed by atoms with Gasteiger partial charge in [0, 0.05) is 32.0 Å². The average Bonchev–Trinajstić information content (AvgIpc) is 2.67. The summed E-state index contributed by atoms with van der Waals surface area (Å²) in [6, 6.07) is 10.2. The number of ether oxygens (including phenoxy) is 2. The van der Waals surface area contributed by atoms with Crippen LogP contribution in [0.4, 0.5) is 5.69 Å². The van der Waals surface area contributed by atoms with Crippen LogP contribution < -0.4 is 15.4 Å². The van der Waals surface area contributed by atoms with E-state index in [1.165, 1.54) is 12.3 Å². The highest BCUT2D eigenvalue weighted by molar-refractivity contribution is 6.05. The van der Waals surface area contributed by atoms with Gasteiger partial charge in [0.1, 0.15) is 11.4 Å². The van der Waals surface area contributed by atoms with Crippen molar-refractivity contribution in [3.63, 3.8) is 0 Å². The van der Waals surface area contributed by atoms with Crippen LogP contribution >= 0.6 is 0 Å². The number of para-hydroxylation sites is 2. The van der Waals surface area contributed by atoms with Crippen molar-refractivity contribution in [2.45, 2.75) is 13.3 Å². The number of hydrogen-bond donors (Lipinski definition) is 2. The summed E-state index contributed by atoms with van der Waals surface area (Å²) in [6.07, 6.45) is 2.16. The zero-order chi connectivity index (χ0) is 18.8. The highest BCUT2D eigenvalue weighted by Gasteiger charge is 2.13. The molecular formula is C19H23N3O4. The number of nitrogens with zero attached hydrogens (tertiary/aromatic N) is 1. The molecule has 0 saturated heterocycles. The number of aromatic nitrogens is 1. The Morgan fingerprint density at radius 3 is 2.73 bits per heavy atom. The average molecular weight is 357 g/mol. The summed E-state index contributed by atoms with van der Waals surface area (Å²) in [6.45, 7) is 3.43. The number of rotatable bonds is 9. The SMILES string of the molecule is CCOc1ccccc1NC(=O)c1cc(C(=O)NCCCOC)ccn1. The number of carbonyl (C=O) groups excluding carboxylic acids is 2. The lowest BCUT2D eigenvalue weighted by Gasteiger charge is -2.11. The number of anilines is 1.